The molecular formula is C12H13F3N2O2. The summed E-state index contributed by atoms with van der Waals surface area (Å²) in [6.45, 7) is 1.51. The number of carbonyl (C=O) groups excluding carboxylic acids is 2. The Morgan fingerprint density at radius 2 is 1.79 bits per heavy atom. The SMILES string of the molecule is Cc1cccc(C(=O)N(C)C)c1NC(=O)C(F)(F)F. The first-order valence-corrected chi connectivity index (χ1v) is 5.34. The number of amides is 2. The Kier molecular flexibility index (Phi) is 4.18. The Hall–Kier alpha value is -2.05. The summed E-state index contributed by atoms with van der Waals surface area (Å²) in [4.78, 5) is 24.0. The first-order chi connectivity index (χ1) is 8.64. The van der Waals surface area contributed by atoms with Crippen LogP contribution in [-0.4, -0.2) is 37.0 Å². The van der Waals surface area contributed by atoms with Gasteiger partial charge in [-0.25, -0.2) is 0 Å². The summed E-state index contributed by atoms with van der Waals surface area (Å²) in [5, 5.41) is 1.74. The number of carbonyl (C=O) groups is 2. The highest BCUT2D eigenvalue weighted by atomic mass is 19.4. The Balaban J connectivity index is 3.20. The molecule has 0 fully saturated rings. The van der Waals surface area contributed by atoms with Gasteiger partial charge in [0.2, 0.25) is 0 Å². The van der Waals surface area contributed by atoms with E-state index in [1.807, 2.05) is 0 Å². The standard InChI is InChI=1S/C12H13F3N2O2/c1-7-5-4-6-8(10(18)17(2)3)9(7)16-11(19)12(13,14)15/h4-6H,1-3H3,(H,16,19). The number of aryl methyl sites for hydroxylation is 1. The number of rotatable bonds is 2. The van der Waals surface area contributed by atoms with Crippen molar-refractivity contribution in [1.82, 2.24) is 4.90 Å². The Morgan fingerprint density at radius 1 is 1.21 bits per heavy atom. The summed E-state index contributed by atoms with van der Waals surface area (Å²) >= 11 is 0. The van der Waals surface area contributed by atoms with Crippen LogP contribution in [0.5, 0.6) is 0 Å². The van der Waals surface area contributed by atoms with Gasteiger partial charge in [-0.2, -0.15) is 13.2 Å². The highest BCUT2D eigenvalue weighted by Crippen LogP contribution is 2.24. The van der Waals surface area contributed by atoms with Gasteiger partial charge in [0.15, 0.2) is 0 Å². The average Bonchev–Trinajstić information content (AvgIpc) is 2.29. The lowest BCUT2D eigenvalue weighted by atomic mass is 10.1. The van der Waals surface area contributed by atoms with Crippen LogP contribution in [0.1, 0.15) is 15.9 Å². The molecule has 0 aliphatic heterocycles. The summed E-state index contributed by atoms with van der Waals surface area (Å²) < 4.78 is 36.8. The fraction of sp³-hybridized carbons (Fsp3) is 0.333. The molecule has 2 amide bonds. The van der Waals surface area contributed by atoms with Crippen molar-refractivity contribution in [2.45, 2.75) is 13.1 Å². The molecule has 0 spiro atoms. The Labute approximate surface area is 108 Å². The molecule has 1 N–H and O–H groups in total. The van der Waals surface area contributed by atoms with Gasteiger partial charge in [0.05, 0.1) is 11.3 Å². The van der Waals surface area contributed by atoms with E-state index in [9.17, 15) is 22.8 Å². The number of anilines is 1. The van der Waals surface area contributed by atoms with Crippen molar-refractivity contribution in [3.8, 4) is 0 Å². The van der Waals surface area contributed by atoms with Crippen molar-refractivity contribution in [1.29, 1.82) is 0 Å². The second-order valence-corrected chi connectivity index (χ2v) is 4.15. The van der Waals surface area contributed by atoms with Crippen LogP contribution in [0.2, 0.25) is 0 Å². The molecule has 104 valence electrons. The first kappa shape index (κ1) is 15.0. The van der Waals surface area contributed by atoms with Crippen LogP contribution in [0.25, 0.3) is 0 Å². The van der Waals surface area contributed by atoms with Gasteiger partial charge in [-0.3, -0.25) is 9.59 Å². The quantitative estimate of drug-likeness (QED) is 0.898. The summed E-state index contributed by atoms with van der Waals surface area (Å²) in [5.74, 6) is -2.59. The van der Waals surface area contributed by atoms with Crippen LogP contribution in [-0.2, 0) is 4.79 Å². The molecule has 1 aromatic carbocycles. The lowest BCUT2D eigenvalue weighted by Crippen LogP contribution is -2.32. The number of nitrogens with zero attached hydrogens (tertiary/aromatic N) is 1. The molecule has 0 aromatic heterocycles. The van der Waals surface area contributed by atoms with E-state index in [-0.39, 0.29) is 11.3 Å². The van der Waals surface area contributed by atoms with Crippen LogP contribution in [0, 0.1) is 6.92 Å². The zero-order valence-corrected chi connectivity index (χ0v) is 10.6. The number of halogens is 3. The molecule has 4 nitrogen and oxygen atoms in total. The molecule has 1 aromatic rings. The molecule has 0 heterocycles. The highest BCUT2D eigenvalue weighted by Gasteiger charge is 2.39. The van der Waals surface area contributed by atoms with E-state index in [0.29, 0.717) is 5.56 Å². The largest absolute Gasteiger partial charge is 0.471 e. The zero-order chi connectivity index (χ0) is 14.8. The van der Waals surface area contributed by atoms with Gasteiger partial charge >= 0.3 is 12.1 Å². The lowest BCUT2D eigenvalue weighted by molar-refractivity contribution is -0.167. The number of benzene rings is 1. The van der Waals surface area contributed by atoms with Gasteiger partial charge in [-0.1, -0.05) is 12.1 Å². The van der Waals surface area contributed by atoms with Gasteiger partial charge in [-0.05, 0) is 18.6 Å². The molecule has 0 aliphatic carbocycles. The van der Waals surface area contributed by atoms with Gasteiger partial charge in [0, 0.05) is 14.1 Å². The third-order valence-corrected chi connectivity index (χ3v) is 2.41. The Bertz CT molecular complexity index is 510. The van der Waals surface area contributed by atoms with Crippen LogP contribution in [0.4, 0.5) is 18.9 Å². The second kappa shape index (κ2) is 5.29. The van der Waals surface area contributed by atoms with Crippen molar-refractivity contribution in [2.75, 3.05) is 19.4 Å². The van der Waals surface area contributed by atoms with Crippen LogP contribution < -0.4 is 5.32 Å². The van der Waals surface area contributed by atoms with Crippen LogP contribution in [0.3, 0.4) is 0 Å². The van der Waals surface area contributed by atoms with Crippen molar-refractivity contribution in [3.63, 3.8) is 0 Å². The average molecular weight is 274 g/mol. The number of hydrogen-bond acceptors (Lipinski definition) is 2. The smallest absolute Gasteiger partial charge is 0.345 e. The molecule has 0 atom stereocenters. The molecular weight excluding hydrogens is 261 g/mol. The first-order valence-electron chi connectivity index (χ1n) is 5.34. The van der Waals surface area contributed by atoms with Crippen molar-refractivity contribution < 1.29 is 22.8 Å². The van der Waals surface area contributed by atoms with E-state index in [2.05, 4.69) is 0 Å². The maximum atomic E-state index is 12.3. The maximum absolute atomic E-state index is 12.3. The van der Waals surface area contributed by atoms with Gasteiger partial charge < -0.3 is 10.2 Å². The van der Waals surface area contributed by atoms with E-state index >= 15 is 0 Å². The predicted octanol–water partition coefficient (Wildman–Crippen LogP) is 2.20. The predicted molar refractivity (Wildman–Crippen MR) is 63.9 cm³/mol. The molecule has 0 aliphatic rings. The number of para-hydroxylation sites is 1. The van der Waals surface area contributed by atoms with E-state index in [4.69, 9.17) is 0 Å². The molecule has 0 saturated heterocycles. The molecule has 0 unspecified atom stereocenters. The van der Waals surface area contributed by atoms with Gasteiger partial charge in [-0.15, -0.1) is 0 Å². The molecule has 7 heteroatoms. The van der Waals surface area contributed by atoms with E-state index < -0.39 is 18.0 Å². The van der Waals surface area contributed by atoms with Crippen molar-refractivity contribution in [2.24, 2.45) is 0 Å². The monoisotopic (exact) mass is 274 g/mol. The van der Waals surface area contributed by atoms with E-state index in [0.717, 1.165) is 0 Å². The molecule has 0 saturated carbocycles. The molecule has 19 heavy (non-hydrogen) atoms. The van der Waals surface area contributed by atoms with Gasteiger partial charge in [0.1, 0.15) is 0 Å². The molecule has 1 rings (SSSR count). The minimum Gasteiger partial charge on any atom is -0.345 e. The van der Waals surface area contributed by atoms with E-state index in [1.54, 1.807) is 5.32 Å². The molecule has 0 radical (unpaired) electrons. The minimum absolute atomic E-state index is 0.0163. The highest BCUT2D eigenvalue weighted by molar-refractivity contribution is 6.05. The van der Waals surface area contributed by atoms with Crippen LogP contribution in [0.15, 0.2) is 18.2 Å². The lowest BCUT2D eigenvalue weighted by Gasteiger charge is -2.17. The topological polar surface area (TPSA) is 49.4 Å². The van der Waals surface area contributed by atoms with Gasteiger partial charge in [0.25, 0.3) is 5.91 Å². The summed E-state index contributed by atoms with van der Waals surface area (Å²) in [6, 6.07) is 4.41. The second-order valence-electron chi connectivity index (χ2n) is 4.15. The van der Waals surface area contributed by atoms with E-state index in [1.165, 1.54) is 44.1 Å². The third-order valence-electron chi connectivity index (χ3n) is 2.41. The number of alkyl halides is 3. The summed E-state index contributed by atoms with van der Waals surface area (Å²) in [6.07, 6.45) is -5.00. The fourth-order valence-electron chi connectivity index (χ4n) is 1.44. The Morgan fingerprint density at radius 3 is 2.26 bits per heavy atom. The molecule has 0 bridgehead atoms. The number of hydrogen-bond donors (Lipinski definition) is 1. The van der Waals surface area contributed by atoms with Crippen molar-refractivity contribution >= 4 is 17.5 Å². The van der Waals surface area contributed by atoms with Crippen molar-refractivity contribution in [3.05, 3.63) is 29.3 Å². The third kappa shape index (κ3) is 3.46. The fourth-order valence-corrected chi connectivity index (χ4v) is 1.44. The zero-order valence-electron chi connectivity index (χ0n) is 10.6. The van der Waals surface area contributed by atoms with Crippen LogP contribution >= 0.6 is 0 Å². The number of nitrogens with one attached hydrogen (secondary N) is 1. The summed E-state index contributed by atoms with van der Waals surface area (Å²) in [5.41, 5.74) is 0.274. The summed E-state index contributed by atoms with van der Waals surface area (Å²) in [7, 11) is 2.94. The maximum Gasteiger partial charge on any atom is 0.471 e. The minimum atomic E-state index is -5.00. The normalized spacial score (nSPS) is 11.1.